The molecular weight excluding hydrogens is 143 g/mol. The molecule has 1 N–H and O–H groups in total. The summed E-state index contributed by atoms with van der Waals surface area (Å²) in [7, 11) is 0. The van der Waals surface area contributed by atoms with Crippen molar-refractivity contribution in [1.82, 2.24) is 0 Å². The van der Waals surface area contributed by atoms with E-state index in [1.165, 1.54) is 5.57 Å². The third-order valence-corrected chi connectivity index (χ3v) is 1.15. The van der Waals surface area contributed by atoms with Gasteiger partial charge >= 0.3 is 57.4 Å². The van der Waals surface area contributed by atoms with Crippen molar-refractivity contribution in [3.05, 3.63) is 11.6 Å². The molecule has 0 saturated heterocycles. The van der Waals surface area contributed by atoms with Crippen LogP contribution in [-0.4, -0.2) is 11.1 Å². The van der Waals surface area contributed by atoms with Gasteiger partial charge in [0.1, 0.15) is 0 Å². The largest absolute Gasteiger partial charge is 1.00 e. The van der Waals surface area contributed by atoms with Gasteiger partial charge < -0.3 is 6.53 Å². The number of hydrogen-bond donors (Lipinski definition) is 1. The van der Waals surface area contributed by atoms with Crippen LogP contribution >= 0.6 is 0 Å². The number of carbonyl (C=O) groups is 1. The maximum Gasteiger partial charge on any atom is 1.00 e. The van der Waals surface area contributed by atoms with Crippen molar-refractivity contribution in [3.8, 4) is 0 Å². The van der Waals surface area contributed by atoms with Gasteiger partial charge in [0, 0.05) is 6.42 Å². The first-order valence-corrected chi connectivity index (χ1v) is 2.69. The van der Waals surface area contributed by atoms with Crippen LogP contribution in [0.2, 0.25) is 0 Å². The van der Waals surface area contributed by atoms with Crippen molar-refractivity contribution in [1.29, 1.82) is 0 Å². The van der Waals surface area contributed by atoms with Crippen LogP contribution in [0.15, 0.2) is 11.6 Å². The maximum absolute atomic E-state index is 9.90. The van der Waals surface area contributed by atoms with E-state index in [4.69, 9.17) is 5.11 Å². The minimum Gasteiger partial charge on any atom is -1.00 e. The van der Waals surface area contributed by atoms with E-state index in [1.807, 2.05) is 0 Å². The zero-order valence-corrected chi connectivity index (χ0v) is 8.68. The van der Waals surface area contributed by atoms with E-state index in [0.717, 1.165) is 12.8 Å². The van der Waals surface area contributed by atoms with Crippen molar-refractivity contribution in [2.45, 2.75) is 19.3 Å². The average molecular weight is 152 g/mol. The van der Waals surface area contributed by atoms with Crippen LogP contribution < -0.4 is 51.4 Å². The second-order valence-corrected chi connectivity index (χ2v) is 1.96. The second-order valence-electron chi connectivity index (χ2n) is 1.96. The molecule has 2 nitrogen and oxygen atoms in total. The van der Waals surface area contributed by atoms with Gasteiger partial charge in [0.05, 0.1) is 0 Å². The van der Waals surface area contributed by atoms with E-state index in [2.05, 4.69) is 6.08 Å². The molecule has 0 saturated carbocycles. The van der Waals surface area contributed by atoms with Gasteiger partial charge in [0.2, 0.25) is 0 Å². The van der Waals surface area contributed by atoms with E-state index in [1.54, 1.807) is 0 Å². The molecule has 9 heavy (non-hydrogen) atoms. The van der Waals surface area contributed by atoms with Crippen molar-refractivity contribution < 1.29 is 62.7 Å². The Morgan fingerprint density at radius 1 is 1.89 bits per heavy atom. The molecule has 1 aliphatic carbocycles. The standard InChI is InChI=1S/C6H8O2.K.H/c7-6(8)4-3-5-1-2-5;;/h1H,2-4H2,(H,7,8);;/q;+1;-1. The van der Waals surface area contributed by atoms with Gasteiger partial charge in [-0.2, -0.15) is 0 Å². The molecular formula is C6H9KO2. The molecule has 0 heterocycles. The molecule has 0 fully saturated rings. The summed E-state index contributed by atoms with van der Waals surface area (Å²) in [5, 5.41) is 8.16. The topological polar surface area (TPSA) is 37.3 Å². The number of carboxylic acid groups (broad SMARTS) is 1. The predicted octanol–water partition coefficient (Wildman–Crippen LogP) is -1.70. The molecule has 46 valence electrons. The molecule has 0 unspecified atom stereocenters. The fraction of sp³-hybridized carbons (Fsp3) is 0.500. The average Bonchev–Trinajstić information content (AvgIpc) is 2.41. The molecule has 0 aromatic carbocycles. The number of carboxylic acids is 1. The Hall–Kier alpha value is 0.846. The van der Waals surface area contributed by atoms with Crippen LogP contribution in [0.25, 0.3) is 0 Å². The summed E-state index contributed by atoms with van der Waals surface area (Å²) in [6, 6.07) is 0. The zero-order valence-electron chi connectivity index (χ0n) is 6.55. The second kappa shape index (κ2) is 4.63. The van der Waals surface area contributed by atoms with Crippen molar-refractivity contribution in [3.63, 3.8) is 0 Å². The quantitative estimate of drug-likeness (QED) is 0.386. The number of aliphatic carboxylic acids is 1. The fourth-order valence-electron chi connectivity index (χ4n) is 0.544. The molecule has 0 bridgehead atoms. The molecule has 0 spiro atoms. The molecule has 3 heteroatoms. The molecule has 0 radical (unpaired) electrons. The van der Waals surface area contributed by atoms with Gasteiger partial charge in [-0.05, 0) is 12.8 Å². The summed E-state index contributed by atoms with van der Waals surface area (Å²) in [4.78, 5) is 9.90. The molecule has 1 aliphatic rings. The molecule has 0 aromatic rings. The van der Waals surface area contributed by atoms with Crippen LogP contribution in [-0.2, 0) is 4.79 Å². The Balaban J connectivity index is 0. The number of hydrogen-bond acceptors (Lipinski definition) is 1. The molecule has 0 atom stereocenters. The summed E-state index contributed by atoms with van der Waals surface area (Å²) >= 11 is 0. The van der Waals surface area contributed by atoms with Crippen LogP contribution in [0.3, 0.4) is 0 Å². The third kappa shape index (κ3) is 5.30. The van der Waals surface area contributed by atoms with E-state index in [-0.39, 0.29) is 52.8 Å². The Morgan fingerprint density at radius 2 is 2.44 bits per heavy atom. The van der Waals surface area contributed by atoms with Gasteiger partial charge in [-0.15, -0.1) is 0 Å². The molecule has 0 aliphatic heterocycles. The third-order valence-electron chi connectivity index (χ3n) is 1.15. The van der Waals surface area contributed by atoms with Crippen LogP contribution in [0.1, 0.15) is 20.7 Å². The summed E-state index contributed by atoms with van der Waals surface area (Å²) in [5.74, 6) is -0.696. The molecule has 0 aromatic heterocycles. The Kier molecular flexibility index (Phi) is 5.06. The maximum atomic E-state index is 9.90. The first-order valence-electron chi connectivity index (χ1n) is 2.69. The van der Waals surface area contributed by atoms with Crippen molar-refractivity contribution >= 4 is 5.97 Å². The van der Waals surface area contributed by atoms with Gasteiger partial charge in [-0.25, -0.2) is 0 Å². The first-order chi connectivity index (χ1) is 3.79. The van der Waals surface area contributed by atoms with E-state index >= 15 is 0 Å². The number of rotatable bonds is 3. The summed E-state index contributed by atoms with van der Waals surface area (Å²) in [6.07, 6.45) is 4.16. The van der Waals surface area contributed by atoms with Gasteiger partial charge in [-0.1, -0.05) is 11.6 Å². The Bertz CT molecular complexity index is 143. The SMILES string of the molecule is O=C(O)CCC1=CC1.[H-].[K+]. The molecule has 0 amide bonds. The zero-order chi connectivity index (χ0) is 5.98. The summed E-state index contributed by atoms with van der Waals surface area (Å²) in [6.45, 7) is 0. The minimum atomic E-state index is -0.696. The van der Waals surface area contributed by atoms with E-state index < -0.39 is 5.97 Å². The first kappa shape index (κ1) is 9.85. The van der Waals surface area contributed by atoms with Crippen LogP contribution in [0.4, 0.5) is 0 Å². The summed E-state index contributed by atoms with van der Waals surface area (Å²) < 4.78 is 0. The smallest absolute Gasteiger partial charge is 1.00 e. The fourth-order valence-corrected chi connectivity index (χ4v) is 0.544. The van der Waals surface area contributed by atoms with Crippen LogP contribution in [0.5, 0.6) is 0 Å². The van der Waals surface area contributed by atoms with Crippen molar-refractivity contribution in [2.24, 2.45) is 0 Å². The van der Waals surface area contributed by atoms with Gasteiger partial charge in [0.25, 0.3) is 0 Å². The van der Waals surface area contributed by atoms with Gasteiger partial charge in [0.15, 0.2) is 0 Å². The van der Waals surface area contributed by atoms with E-state index in [9.17, 15) is 4.79 Å². The summed E-state index contributed by atoms with van der Waals surface area (Å²) in [5.41, 5.74) is 1.30. The predicted molar refractivity (Wildman–Crippen MR) is 30.7 cm³/mol. The Morgan fingerprint density at radius 3 is 2.78 bits per heavy atom. The monoisotopic (exact) mass is 152 g/mol. The van der Waals surface area contributed by atoms with Gasteiger partial charge in [-0.3, -0.25) is 4.79 Å². The van der Waals surface area contributed by atoms with E-state index in [0.29, 0.717) is 6.42 Å². The molecule has 1 rings (SSSR count). The Labute approximate surface area is 98.2 Å². The van der Waals surface area contributed by atoms with Crippen LogP contribution in [0, 0.1) is 0 Å². The number of allylic oxidation sites excluding steroid dienone is 2. The minimum absolute atomic E-state index is 0. The normalized spacial score (nSPS) is 13.6. The van der Waals surface area contributed by atoms with Crippen molar-refractivity contribution in [2.75, 3.05) is 0 Å².